The van der Waals surface area contributed by atoms with E-state index >= 15 is 0 Å². The van der Waals surface area contributed by atoms with Gasteiger partial charge in [0.05, 0.1) is 18.8 Å². The summed E-state index contributed by atoms with van der Waals surface area (Å²) < 4.78 is 5.55. The summed E-state index contributed by atoms with van der Waals surface area (Å²) in [6, 6.07) is 7.70. The van der Waals surface area contributed by atoms with E-state index in [-0.39, 0.29) is 24.0 Å². The van der Waals surface area contributed by atoms with E-state index in [4.69, 9.17) is 16.0 Å². The second-order valence-electron chi connectivity index (χ2n) is 4.89. The van der Waals surface area contributed by atoms with Gasteiger partial charge >= 0.3 is 0 Å². The fourth-order valence-corrected chi connectivity index (χ4v) is 2.10. The molecule has 1 aromatic heterocycles. The number of oxazole rings is 1. The van der Waals surface area contributed by atoms with Crippen LogP contribution < -0.4 is 10.6 Å². The second kappa shape index (κ2) is 9.77. The van der Waals surface area contributed by atoms with Crippen LogP contribution in [0, 0.1) is 13.8 Å². The SMILES string of the molecule is CCNC(=NCc1ccccc1Cl)NCc1nc(C)c(C)o1.I. The lowest BCUT2D eigenvalue weighted by molar-refractivity contribution is 0.463. The van der Waals surface area contributed by atoms with Gasteiger partial charge in [0.25, 0.3) is 0 Å². The zero-order chi connectivity index (χ0) is 15.9. The van der Waals surface area contributed by atoms with Crippen LogP contribution in [0.15, 0.2) is 33.7 Å². The van der Waals surface area contributed by atoms with Crippen molar-refractivity contribution in [1.82, 2.24) is 15.6 Å². The molecule has 0 fully saturated rings. The predicted octanol–water partition coefficient (Wildman–Crippen LogP) is 3.82. The van der Waals surface area contributed by atoms with Gasteiger partial charge in [-0.3, -0.25) is 0 Å². The Kier molecular flexibility index (Phi) is 8.40. The van der Waals surface area contributed by atoms with Crippen molar-refractivity contribution in [3.05, 3.63) is 52.2 Å². The number of hydrogen-bond acceptors (Lipinski definition) is 3. The fourth-order valence-electron chi connectivity index (χ4n) is 1.91. The Morgan fingerprint density at radius 3 is 2.61 bits per heavy atom. The minimum Gasteiger partial charge on any atom is -0.444 e. The molecule has 2 rings (SSSR count). The quantitative estimate of drug-likeness (QED) is 0.415. The van der Waals surface area contributed by atoms with Crippen molar-refractivity contribution >= 4 is 41.5 Å². The molecular formula is C16H22ClIN4O. The number of aromatic nitrogens is 1. The van der Waals surface area contributed by atoms with Crippen molar-refractivity contribution in [3.63, 3.8) is 0 Å². The number of nitrogens with one attached hydrogen (secondary N) is 2. The molecule has 2 N–H and O–H groups in total. The van der Waals surface area contributed by atoms with Crippen LogP contribution in [0.5, 0.6) is 0 Å². The van der Waals surface area contributed by atoms with E-state index in [1.807, 2.05) is 45.0 Å². The van der Waals surface area contributed by atoms with E-state index in [9.17, 15) is 0 Å². The Morgan fingerprint density at radius 1 is 1.26 bits per heavy atom. The fraction of sp³-hybridized carbons (Fsp3) is 0.375. The van der Waals surface area contributed by atoms with Crippen LogP contribution in [-0.4, -0.2) is 17.5 Å². The lowest BCUT2D eigenvalue weighted by atomic mass is 10.2. The summed E-state index contributed by atoms with van der Waals surface area (Å²) in [7, 11) is 0. The summed E-state index contributed by atoms with van der Waals surface area (Å²) in [6.45, 7) is 7.63. The predicted molar refractivity (Wildman–Crippen MR) is 104 cm³/mol. The summed E-state index contributed by atoms with van der Waals surface area (Å²) in [5.74, 6) is 2.20. The summed E-state index contributed by atoms with van der Waals surface area (Å²) in [5, 5.41) is 7.12. The highest BCUT2D eigenvalue weighted by molar-refractivity contribution is 14.0. The van der Waals surface area contributed by atoms with Gasteiger partial charge in [0, 0.05) is 11.6 Å². The average Bonchev–Trinajstić information content (AvgIpc) is 2.82. The molecule has 0 aliphatic rings. The largest absolute Gasteiger partial charge is 0.444 e. The highest BCUT2D eigenvalue weighted by Crippen LogP contribution is 2.15. The standard InChI is InChI=1S/C16H21ClN4O.HI/c1-4-18-16(19-9-13-7-5-6-8-14(13)17)20-10-15-21-11(2)12(3)22-15;/h5-8H,4,9-10H2,1-3H3,(H2,18,19,20);1H. The van der Waals surface area contributed by atoms with Gasteiger partial charge in [-0.15, -0.1) is 24.0 Å². The zero-order valence-electron chi connectivity index (χ0n) is 13.5. The molecule has 0 bridgehead atoms. The lowest BCUT2D eigenvalue weighted by Gasteiger charge is -2.10. The van der Waals surface area contributed by atoms with Crippen LogP contribution in [0.2, 0.25) is 5.02 Å². The van der Waals surface area contributed by atoms with E-state index in [1.165, 1.54) is 0 Å². The van der Waals surface area contributed by atoms with Crippen LogP contribution in [0.3, 0.4) is 0 Å². The van der Waals surface area contributed by atoms with E-state index < -0.39 is 0 Å². The second-order valence-corrected chi connectivity index (χ2v) is 5.30. The third-order valence-corrected chi connectivity index (χ3v) is 3.56. The van der Waals surface area contributed by atoms with Gasteiger partial charge in [-0.2, -0.15) is 0 Å². The molecule has 0 radical (unpaired) electrons. The number of halogens is 2. The Labute approximate surface area is 158 Å². The van der Waals surface area contributed by atoms with E-state index in [2.05, 4.69) is 20.6 Å². The first-order valence-electron chi connectivity index (χ1n) is 7.28. The van der Waals surface area contributed by atoms with Crippen LogP contribution in [0.4, 0.5) is 0 Å². The van der Waals surface area contributed by atoms with Crippen LogP contribution in [0.1, 0.15) is 29.8 Å². The van der Waals surface area contributed by atoms with E-state index in [1.54, 1.807) is 0 Å². The maximum atomic E-state index is 6.14. The third-order valence-electron chi connectivity index (χ3n) is 3.19. The van der Waals surface area contributed by atoms with Crippen molar-refractivity contribution in [2.24, 2.45) is 4.99 Å². The highest BCUT2D eigenvalue weighted by Gasteiger charge is 2.06. The molecule has 0 aliphatic carbocycles. The molecule has 0 aliphatic heterocycles. The number of guanidine groups is 1. The molecule has 2 aromatic rings. The van der Waals surface area contributed by atoms with Crippen molar-refractivity contribution < 1.29 is 4.42 Å². The van der Waals surface area contributed by atoms with E-state index in [0.29, 0.717) is 24.9 Å². The molecule has 0 amide bonds. The molecule has 126 valence electrons. The molecular weight excluding hydrogens is 427 g/mol. The topological polar surface area (TPSA) is 62.5 Å². The average molecular weight is 449 g/mol. The molecule has 1 heterocycles. The number of rotatable bonds is 5. The van der Waals surface area contributed by atoms with Crippen LogP contribution in [-0.2, 0) is 13.1 Å². The van der Waals surface area contributed by atoms with Gasteiger partial charge in [-0.1, -0.05) is 29.8 Å². The first-order chi connectivity index (χ1) is 10.6. The molecule has 0 saturated heterocycles. The molecule has 5 nitrogen and oxygen atoms in total. The minimum atomic E-state index is 0. The Morgan fingerprint density at radius 2 is 2.00 bits per heavy atom. The maximum absolute atomic E-state index is 6.14. The summed E-state index contributed by atoms with van der Waals surface area (Å²) in [6.07, 6.45) is 0. The maximum Gasteiger partial charge on any atom is 0.214 e. The number of aryl methyl sites for hydroxylation is 2. The van der Waals surface area contributed by atoms with Gasteiger partial charge < -0.3 is 15.1 Å². The van der Waals surface area contributed by atoms with Gasteiger partial charge in [0.2, 0.25) is 5.89 Å². The summed E-state index contributed by atoms with van der Waals surface area (Å²) >= 11 is 6.14. The number of nitrogens with zero attached hydrogens (tertiary/aromatic N) is 2. The van der Waals surface area contributed by atoms with Crippen LogP contribution in [0.25, 0.3) is 0 Å². The zero-order valence-corrected chi connectivity index (χ0v) is 16.6. The van der Waals surface area contributed by atoms with Gasteiger partial charge in [-0.05, 0) is 32.4 Å². The molecule has 1 aromatic carbocycles. The first-order valence-corrected chi connectivity index (χ1v) is 7.66. The van der Waals surface area contributed by atoms with Gasteiger partial charge in [-0.25, -0.2) is 9.98 Å². The van der Waals surface area contributed by atoms with Crippen molar-refractivity contribution in [2.75, 3.05) is 6.54 Å². The third kappa shape index (κ3) is 6.02. The highest BCUT2D eigenvalue weighted by atomic mass is 127. The molecule has 23 heavy (non-hydrogen) atoms. The van der Waals surface area contributed by atoms with E-state index in [0.717, 1.165) is 28.6 Å². The van der Waals surface area contributed by atoms with Crippen molar-refractivity contribution in [1.29, 1.82) is 0 Å². The lowest BCUT2D eigenvalue weighted by Crippen LogP contribution is -2.36. The minimum absolute atomic E-state index is 0. The first kappa shape index (κ1) is 19.8. The molecule has 7 heteroatoms. The number of aliphatic imine (C=N–C) groups is 1. The normalized spacial score (nSPS) is 11.0. The van der Waals surface area contributed by atoms with Crippen LogP contribution >= 0.6 is 35.6 Å². The van der Waals surface area contributed by atoms with Gasteiger partial charge in [0.15, 0.2) is 5.96 Å². The number of benzene rings is 1. The number of hydrogen-bond donors (Lipinski definition) is 2. The Balaban J connectivity index is 0.00000264. The monoisotopic (exact) mass is 448 g/mol. The summed E-state index contributed by atoms with van der Waals surface area (Å²) in [5.41, 5.74) is 1.90. The molecule has 0 spiro atoms. The summed E-state index contributed by atoms with van der Waals surface area (Å²) in [4.78, 5) is 8.87. The van der Waals surface area contributed by atoms with Crippen molar-refractivity contribution in [3.8, 4) is 0 Å². The Bertz CT molecular complexity index is 638. The molecule has 0 saturated carbocycles. The Hall–Kier alpha value is -1.28. The molecule has 0 unspecified atom stereocenters. The smallest absolute Gasteiger partial charge is 0.214 e. The van der Waals surface area contributed by atoms with Crippen molar-refractivity contribution in [2.45, 2.75) is 33.9 Å². The molecule has 0 atom stereocenters. The van der Waals surface area contributed by atoms with Gasteiger partial charge in [0.1, 0.15) is 5.76 Å².